The van der Waals surface area contributed by atoms with Crippen LogP contribution in [0.25, 0.3) is 6.08 Å². The van der Waals surface area contributed by atoms with E-state index < -0.39 is 0 Å². The smallest absolute Gasteiger partial charge is 0.276 e. The third kappa shape index (κ3) is 3.81. The molecule has 126 valence electrons. The van der Waals surface area contributed by atoms with Crippen LogP contribution in [0.2, 0.25) is 5.02 Å². The molecule has 1 saturated heterocycles. The molecule has 1 aromatic rings. The number of carbonyl (C=O) groups is 1. The van der Waals surface area contributed by atoms with E-state index in [0.717, 1.165) is 6.42 Å². The van der Waals surface area contributed by atoms with Crippen molar-refractivity contribution in [1.29, 1.82) is 0 Å². The number of hydrogen-bond acceptors (Lipinski definition) is 4. The summed E-state index contributed by atoms with van der Waals surface area (Å²) in [4.78, 5) is 13.9. The Bertz CT molecular complexity index is 740. The first-order valence-corrected chi connectivity index (χ1v) is 8.08. The number of halogens is 1. The average Bonchev–Trinajstić information content (AvgIpc) is 2.81. The van der Waals surface area contributed by atoms with Gasteiger partial charge in [0.05, 0.1) is 12.1 Å². The van der Waals surface area contributed by atoms with E-state index in [1.165, 1.54) is 12.0 Å². The maximum atomic E-state index is 12.4. The minimum absolute atomic E-state index is 0.0802. The lowest BCUT2D eigenvalue weighted by atomic mass is 10.1. The Morgan fingerprint density at radius 1 is 1.50 bits per heavy atom. The largest absolute Gasteiger partial charge is 0.493 e. The first-order chi connectivity index (χ1) is 11.5. The highest BCUT2D eigenvalue weighted by Gasteiger charge is 2.29. The maximum absolute atomic E-state index is 12.4. The molecule has 0 saturated carbocycles. The fourth-order valence-electron chi connectivity index (χ4n) is 2.24. The van der Waals surface area contributed by atoms with Gasteiger partial charge in [-0.1, -0.05) is 24.4 Å². The van der Waals surface area contributed by atoms with Gasteiger partial charge in [-0.25, -0.2) is 0 Å². The molecule has 0 aliphatic carbocycles. The minimum atomic E-state index is -0.162. The van der Waals surface area contributed by atoms with E-state index in [4.69, 9.17) is 39.7 Å². The van der Waals surface area contributed by atoms with Gasteiger partial charge in [-0.15, -0.1) is 6.42 Å². The van der Waals surface area contributed by atoms with Crippen molar-refractivity contribution in [3.63, 3.8) is 0 Å². The zero-order chi connectivity index (χ0) is 17.7. The molecular formula is C17H17ClN2O3S. The lowest BCUT2D eigenvalue weighted by molar-refractivity contribution is -0.122. The van der Waals surface area contributed by atoms with Crippen LogP contribution in [0.1, 0.15) is 18.9 Å². The van der Waals surface area contributed by atoms with Crippen LogP contribution < -0.4 is 14.8 Å². The van der Waals surface area contributed by atoms with Crippen LogP contribution in [-0.4, -0.2) is 36.2 Å². The molecule has 0 radical (unpaired) electrons. The first kappa shape index (κ1) is 18.1. The lowest BCUT2D eigenvalue weighted by Gasteiger charge is -2.12. The molecule has 1 heterocycles. The molecule has 24 heavy (non-hydrogen) atoms. The molecule has 0 atom stereocenters. The Morgan fingerprint density at radius 3 is 2.88 bits per heavy atom. The van der Waals surface area contributed by atoms with E-state index in [2.05, 4.69) is 11.2 Å². The Balaban J connectivity index is 2.33. The van der Waals surface area contributed by atoms with Gasteiger partial charge in [0.2, 0.25) is 0 Å². The summed E-state index contributed by atoms with van der Waals surface area (Å²) >= 11 is 11.4. The van der Waals surface area contributed by atoms with Crippen LogP contribution in [0, 0.1) is 12.3 Å². The number of thiocarbonyl (C=S) groups is 1. The second-order valence-electron chi connectivity index (χ2n) is 4.97. The summed E-state index contributed by atoms with van der Waals surface area (Å²) in [6.07, 6.45) is 7.68. The Morgan fingerprint density at radius 2 is 2.25 bits per heavy atom. The van der Waals surface area contributed by atoms with Gasteiger partial charge in [0, 0.05) is 6.54 Å². The van der Waals surface area contributed by atoms with Crippen molar-refractivity contribution >= 4 is 40.9 Å². The van der Waals surface area contributed by atoms with Crippen molar-refractivity contribution in [2.75, 3.05) is 20.3 Å². The number of hydrogen-bond donors (Lipinski definition) is 1. The number of benzene rings is 1. The number of methoxy groups -OCH3 is 1. The number of terminal acetylenes is 1. The second-order valence-corrected chi connectivity index (χ2v) is 5.77. The summed E-state index contributed by atoms with van der Waals surface area (Å²) in [5.41, 5.74) is 1.07. The summed E-state index contributed by atoms with van der Waals surface area (Å²) in [7, 11) is 1.50. The van der Waals surface area contributed by atoms with E-state index in [9.17, 15) is 4.79 Å². The number of ether oxygens (including phenoxy) is 2. The molecular weight excluding hydrogens is 348 g/mol. The Kier molecular flexibility index (Phi) is 6.07. The van der Waals surface area contributed by atoms with E-state index in [1.807, 2.05) is 6.92 Å². The highest BCUT2D eigenvalue weighted by Crippen LogP contribution is 2.37. The number of nitrogens with one attached hydrogen (secondary N) is 1. The SMILES string of the molecule is C#CCOc1c(Cl)cc(C=C2NC(=S)N(CCC)C2=O)cc1OC. The summed E-state index contributed by atoms with van der Waals surface area (Å²) in [6.45, 7) is 2.64. The molecule has 1 fully saturated rings. The summed E-state index contributed by atoms with van der Waals surface area (Å²) in [5.74, 6) is 3.01. The van der Waals surface area contributed by atoms with E-state index >= 15 is 0 Å². The predicted octanol–water partition coefficient (Wildman–Crippen LogP) is 2.83. The van der Waals surface area contributed by atoms with Crippen molar-refractivity contribution < 1.29 is 14.3 Å². The molecule has 5 nitrogen and oxygen atoms in total. The van der Waals surface area contributed by atoms with E-state index in [1.54, 1.807) is 18.2 Å². The van der Waals surface area contributed by atoms with Crippen LogP contribution in [0.5, 0.6) is 11.5 Å². The zero-order valence-corrected chi connectivity index (χ0v) is 15.0. The molecule has 7 heteroatoms. The molecule has 1 aliphatic heterocycles. The van der Waals surface area contributed by atoms with Crippen molar-refractivity contribution in [2.24, 2.45) is 0 Å². The highest BCUT2D eigenvalue weighted by atomic mass is 35.5. The van der Waals surface area contributed by atoms with Crippen LogP contribution in [0.4, 0.5) is 0 Å². The van der Waals surface area contributed by atoms with Crippen molar-refractivity contribution in [3.8, 4) is 23.8 Å². The highest BCUT2D eigenvalue weighted by molar-refractivity contribution is 7.80. The molecule has 0 unspecified atom stereocenters. The molecule has 1 aliphatic rings. The average molecular weight is 365 g/mol. The standard InChI is InChI=1S/C17H17ClN2O3S/c1-4-6-20-16(21)13(19-17(20)24)9-11-8-12(18)15(23-7-5-2)14(10-11)22-3/h2,8-10H,4,6-7H2,1,3H3,(H,19,24). The molecule has 0 aromatic heterocycles. The monoisotopic (exact) mass is 364 g/mol. The van der Waals surface area contributed by atoms with Gasteiger partial charge < -0.3 is 14.8 Å². The van der Waals surface area contributed by atoms with Gasteiger partial charge >= 0.3 is 0 Å². The topological polar surface area (TPSA) is 50.8 Å². The lowest BCUT2D eigenvalue weighted by Crippen LogP contribution is -2.31. The van der Waals surface area contributed by atoms with Crippen molar-refractivity contribution in [2.45, 2.75) is 13.3 Å². The quantitative estimate of drug-likeness (QED) is 0.478. The molecule has 0 spiro atoms. The van der Waals surface area contributed by atoms with Crippen LogP contribution >= 0.6 is 23.8 Å². The summed E-state index contributed by atoms with van der Waals surface area (Å²) in [6, 6.07) is 3.38. The van der Waals surface area contributed by atoms with Crippen molar-refractivity contribution in [1.82, 2.24) is 10.2 Å². The normalized spacial score (nSPS) is 15.4. The second kappa shape index (κ2) is 8.04. The summed E-state index contributed by atoms with van der Waals surface area (Å²) in [5, 5.41) is 3.67. The van der Waals surface area contributed by atoms with Gasteiger partial charge in [0.25, 0.3) is 5.91 Å². The van der Waals surface area contributed by atoms with Gasteiger partial charge in [0.1, 0.15) is 12.3 Å². The minimum Gasteiger partial charge on any atom is -0.493 e. The van der Waals surface area contributed by atoms with Crippen molar-refractivity contribution in [3.05, 3.63) is 28.4 Å². The zero-order valence-electron chi connectivity index (χ0n) is 13.4. The van der Waals surface area contributed by atoms with E-state index in [-0.39, 0.29) is 12.5 Å². The molecule has 2 rings (SSSR count). The van der Waals surface area contributed by atoms with Gasteiger partial charge in [0.15, 0.2) is 16.6 Å². The number of rotatable bonds is 6. The number of nitrogens with zero attached hydrogens (tertiary/aromatic N) is 1. The van der Waals surface area contributed by atoms with Crippen LogP contribution in [0.15, 0.2) is 17.8 Å². The van der Waals surface area contributed by atoms with E-state index in [0.29, 0.717) is 39.4 Å². The molecule has 1 N–H and O–H groups in total. The first-order valence-electron chi connectivity index (χ1n) is 7.30. The molecule has 1 aromatic carbocycles. The predicted molar refractivity (Wildman–Crippen MR) is 98.0 cm³/mol. The van der Waals surface area contributed by atoms with Crippen LogP contribution in [0.3, 0.4) is 0 Å². The third-order valence-corrected chi connectivity index (χ3v) is 3.88. The molecule has 0 bridgehead atoms. The number of amides is 1. The Hall–Kier alpha value is -2.23. The number of carbonyl (C=O) groups excluding carboxylic acids is 1. The fraction of sp³-hybridized carbons (Fsp3) is 0.294. The maximum Gasteiger partial charge on any atom is 0.276 e. The van der Waals surface area contributed by atoms with Gasteiger partial charge in [-0.2, -0.15) is 0 Å². The fourth-order valence-corrected chi connectivity index (χ4v) is 2.80. The van der Waals surface area contributed by atoms with Crippen LogP contribution in [-0.2, 0) is 4.79 Å². The van der Waals surface area contributed by atoms with Gasteiger partial charge in [-0.05, 0) is 42.4 Å². The summed E-state index contributed by atoms with van der Waals surface area (Å²) < 4.78 is 10.7. The third-order valence-electron chi connectivity index (χ3n) is 3.27. The molecule has 1 amide bonds. The Labute approximate surface area is 151 Å². The van der Waals surface area contributed by atoms with Gasteiger partial charge in [-0.3, -0.25) is 9.69 Å².